The molecule has 0 heterocycles. The number of benzene rings is 2. The number of hydrogen-bond donors (Lipinski definition) is 1. The van der Waals surface area contributed by atoms with Gasteiger partial charge in [-0.05, 0) is 34.6 Å². The van der Waals surface area contributed by atoms with Crippen molar-refractivity contribution in [2.24, 2.45) is 0 Å². The van der Waals surface area contributed by atoms with E-state index in [9.17, 15) is 4.39 Å². The summed E-state index contributed by atoms with van der Waals surface area (Å²) in [4.78, 5) is 0. The van der Waals surface area contributed by atoms with Gasteiger partial charge < -0.3 is 10.1 Å². The molecule has 0 radical (unpaired) electrons. The second kappa shape index (κ2) is 6.86. The summed E-state index contributed by atoms with van der Waals surface area (Å²) in [7, 11) is 1.62. The van der Waals surface area contributed by atoms with Gasteiger partial charge in [-0.2, -0.15) is 0 Å². The number of methoxy groups -OCH3 is 1. The molecule has 0 aliphatic carbocycles. The molecule has 4 heteroatoms. The van der Waals surface area contributed by atoms with Gasteiger partial charge >= 0.3 is 0 Å². The van der Waals surface area contributed by atoms with Crippen LogP contribution in [0.25, 0.3) is 0 Å². The summed E-state index contributed by atoms with van der Waals surface area (Å²) in [5.74, 6) is 0.502. The maximum Gasteiger partial charge on any atom is 0.142 e. The van der Waals surface area contributed by atoms with Gasteiger partial charge in [-0.15, -0.1) is 0 Å². The van der Waals surface area contributed by atoms with Crippen LogP contribution in [-0.4, -0.2) is 13.7 Å². The summed E-state index contributed by atoms with van der Waals surface area (Å²) < 4.78 is 20.2. The van der Waals surface area contributed by atoms with Crippen molar-refractivity contribution in [3.05, 3.63) is 63.9 Å². The van der Waals surface area contributed by atoms with Crippen molar-refractivity contribution in [1.29, 1.82) is 0 Å². The van der Waals surface area contributed by atoms with E-state index in [0.29, 0.717) is 10.0 Å². The lowest BCUT2D eigenvalue weighted by Crippen LogP contribution is -2.23. The minimum absolute atomic E-state index is 0.242. The Balaban J connectivity index is 2.53. The molecule has 2 aromatic carbocycles. The van der Waals surface area contributed by atoms with Gasteiger partial charge in [0.25, 0.3) is 0 Å². The van der Waals surface area contributed by atoms with Crippen LogP contribution in [0.1, 0.15) is 24.1 Å². The van der Waals surface area contributed by atoms with Crippen LogP contribution < -0.4 is 10.1 Å². The Morgan fingerprint density at radius 2 is 1.85 bits per heavy atom. The van der Waals surface area contributed by atoms with Crippen LogP contribution in [0.15, 0.2) is 46.9 Å². The zero-order chi connectivity index (χ0) is 14.5. The molecule has 1 atom stereocenters. The molecule has 0 spiro atoms. The largest absolute Gasteiger partial charge is 0.496 e. The van der Waals surface area contributed by atoms with Crippen LogP contribution in [-0.2, 0) is 0 Å². The van der Waals surface area contributed by atoms with Gasteiger partial charge in [0.15, 0.2) is 0 Å². The van der Waals surface area contributed by atoms with E-state index in [2.05, 4.69) is 21.2 Å². The average molecular weight is 338 g/mol. The number of halogens is 2. The Bertz CT molecular complexity index is 588. The summed E-state index contributed by atoms with van der Waals surface area (Å²) in [6, 6.07) is 12.8. The van der Waals surface area contributed by atoms with E-state index in [0.717, 1.165) is 17.9 Å². The molecule has 0 saturated heterocycles. The summed E-state index contributed by atoms with van der Waals surface area (Å²) in [5, 5.41) is 3.32. The first-order valence-electron chi connectivity index (χ1n) is 6.49. The van der Waals surface area contributed by atoms with Crippen molar-refractivity contribution in [3.8, 4) is 5.75 Å². The third-order valence-electron chi connectivity index (χ3n) is 3.15. The number of hydrogen-bond acceptors (Lipinski definition) is 2. The Morgan fingerprint density at radius 3 is 2.55 bits per heavy atom. The van der Waals surface area contributed by atoms with Crippen LogP contribution >= 0.6 is 15.9 Å². The third kappa shape index (κ3) is 3.02. The van der Waals surface area contributed by atoms with Gasteiger partial charge in [0.05, 0.1) is 17.6 Å². The van der Waals surface area contributed by atoms with Crippen molar-refractivity contribution in [2.75, 3.05) is 13.7 Å². The summed E-state index contributed by atoms with van der Waals surface area (Å²) in [5.41, 5.74) is 1.53. The Kier molecular flexibility index (Phi) is 5.15. The fourth-order valence-corrected chi connectivity index (χ4v) is 2.62. The molecule has 0 aliphatic heterocycles. The van der Waals surface area contributed by atoms with Crippen molar-refractivity contribution in [2.45, 2.75) is 13.0 Å². The fraction of sp³-hybridized carbons (Fsp3) is 0.250. The first kappa shape index (κ1) is 15.0. The van der Waals surface area contributed by atoms with E-state index in [1.807, 2.05) is 37.3 Å². The van der Waals surface area contributed by atoms with Gasteiger partial charge in [0.2, 0.25) is 0 Å². The maximum atomic E-state index is 14.4. The molecule has 2 nitrogen and oxygen atoms in total. The first-order valence-corrected chi connectivity index (χ1v) is 7.28. The van der Waals surface area contributed by atoms with E-state index in [1.165, 1.54) is 0 Å². The van der Waals surface area contributed by atoms with Crippen LogP contribution in [0.3, 0.4) is 0 Å². The van der Waals surface area contributed by atoms with Crippen molar-refractivity contribution in [3.63, 3.8) is 0 Å². The topological polar surface area (TPSA) is 21.3 Å². The lowest BCUT2D eigenvalue weighted by atomic mass is 9.97. The number of nitrogens with one attached hydrogen (secondary N) is 1. The minimum Gasteiger partial charge on any atom is -0.496 e. The Hall–Kier alpha value is -1.39. The van der Waals surface area contributed by atoms with Crippen LogP contribution in [0, 0.1) is 5.82 Å². The molecular formula is C16H17BrFNO. The molecule has 0 aliphatic rings. The van der Waals surface area contributed by atoms with Crippen molar-refractivity contribution >= 4 is 15.9 Å². The first-order chi connectivity index (χ1) is 9.69. The van der Waals surface area contributed by atoms with Gasteiger partial charge in [0.1, 0.15) is 11.6 Å². The normalized spacial score (nSPS) is 12.2. The maximum absolute atomic E-state index is 14.4. The van der Waals surface area contributed by atoms with Crippen LogP contribution in [0.2, 0.25) is 0 Å². The molecule has 0 fully saturated rings. The number of ether oxygens (including phenoxy) is 1. The minimum atomic E-state index is -0.246. The van der Waals surface area contributed by atoms with Crippen LogP contribution in [0.5, 0.6) is 5.75 Å². The van der Waals surface area contributed by atoms with Gasteiger partial charge in [0, 0.05) is 11.1 Å². The lowest BCUT2D eigenvalue weighted by Gasteiger charge is -2.22. The second-order valence-electron chi connectivity index (χ2n) is 4.38. The molecule has 2 rings (SSSR count). The summed E-state index contributed by atoms with van der Waals surface area (Å²) >= 11 is 3.24. The molecule has 1 unspecified atom stereocenters. The van der Waals surface area contributed by atoms with Crippen molar-refractivity contribution < 1.29 is 9.13 Å². The summed E-state index contributed by atoms with van der Waals surface area (Å²) in [6.07, 6.45) is 0. The quantitative estimate of drug-likeness (QED) is 0.878. The molecule has 0 aromatic heterocycles. The molecule has 106 valence electrons. The lowest BCUT2D eigenvalue weighted by molar-refractivity contribution is 0.403. The second-order valence-corrected chi connectivity index (χ2v) is 5.23. The van der Waals surface area contributed by atoms with Gasteiger partial charge in [-0.1, -0.05) is 37.3 Å². The zero-order valence-electron chi connectivity index (χ0n) is 11.5. The molecular weight excluding hydrogens is 321 g/mol. The number of rotatable bonds is 5. The monoisotopic (exact) mass is 337 g/mol. The molecule has 1 N–H and O–H groups in total. The number of para-hydroxylation sites is 1. The van der Waals surface area contributed by atoms with Gasteiger partial charge in [-0.25, -0.2) is 4.39 Å². The third-order valence-corrected chi connectivity index (χ3v) is 3.76. The average Bonchev–Trinajstić information content (AvgIpc) is 2.48. The highest BCUT2D eigenvalue weighted by Gasteiger charge is 2.21. The van der Waals surface area contributed by atoms with E-state index in [-0.39, 0.29) is 11.9 Å². The Labute approximate surface area is 127 Å². The molecule has 0 bridgehead atoms. The highest BCUT2D eigenvalue weighted by atomic mass is 79.9. The van der Waals surface area contributed by atoms with E-state index < -0.39 is 0 Å². The molecule has 0 amide bonds. The van der Waals surface area contributed by atoms with E-state index in [4.69, 9.17) is 4.74 Å². The highest BCUT2D eigenvalue weighted by molar-refractivity contribution is 9.10. The fourth-order valence-electron chi connectivity index (χ4n) is 2.24. The Morgan fingerprint density at radius 1 is 1.15 bits per heavy atom. The van der Waals surface area contributed by atoms with Gasteiger partial charge in [-0.3, -0.25) is 0 Å². The standard InChI is InChI=1S/C16H17BrFNO/c1-3-19-16(11-7-4-5-10-14(11)20-2)12-8-6-9-13(17)15(12)18/h4-10,16,19H,3H2,1-2H3. The van der Waals surface area contributed by atoms with E-state index >= 15 is 0 Å². The molecule has 2 aromatic rings. The predicted molar refractivity (Wildman–Crippen MR) is 82.6 cm³/mol. The van der Waals surface area contributed by atoms with Crippen molar-refractivity contribution in [1.82, 2.24) is 5.32 Å². The SMILES string of the molecule is CCNC(c1ccccc1OC)c1cccc(Br)c1F. The molecule has 0 saturated carbocycles. The van der Waals surface area contributed by atoms with Crippen LogP contribution in [0.4, 0.5) is 4.39 Å². The smallest absolute Gasteiger partial charge is 0.142 e. The molecule has 20 heavy (non-hydrogen) atoms. The summed E-state index contributed by atoms with van der Waals surface area (Å²) in [6.45, 7) is 2.73. The zero-order valence-corrected chi connectivity index (χ0v) is 13.1. The van der Waals surface area contributed by atoms with E-state index in [1.54, 1.807) is 19.2 Å². The predicted octanol–water partition coefficient (Wildman–Crippen LogP) is 4.30. The highest BCUT2D eigenvalue weighted by Crippen LogP contribution is 2.33.